The lowest BCUT2D eigenvalue weighted by molar-refractivity contribution is 0.600. The van der Waals surface area contributed by atoms with Crippen molar-refractivity contribution in [2.45, 2.75) is 59.0 Å². The highest BCUT2D eigenvalue weighted by molar-refractivity contribution is 7.11. The summed E-state index contributed by atoms with van der Waals surface area (Å²) in [5, 5.41) is 15.5. The molecule has 0 radical (unpaired) electrons. The van der Waals surface area contributed by atoms with Crippen LogP contribution in [0.25, 0.3) is 0 Å². The van der Waals surface area contributed by atoms with Crippen LogP contribution in [0.1, 0.15) is 47.6 Å². The second-order valence-electron chi connectivity index (χ2n) is 6.38. The molecule has 3 heterocycles. The molecular weight excluding hydrogens is 332 g/mol. The van der Waals surface area contributed by atoms with Crippen LogP contribution in [-0.2, 0) is 25.9 Å². The fourth-order valence-electron chi connectivity index (χ4n) is 3.09. The van der Waals surface area contributed by atoms with Gasteiger partial charge in [-0.05, 0) is 38.8 Å². The van der Waals surface area contributed by atoms with Gasteiger partial charge in [-0.3, -0.25) is 0 Å². The standard InChI is InChI=1S/C18H28N6S/c1-3-19-18(21-13-15-9-8-14(2)25-15)20-11-10-17-23-22-16-7-5-4-6-12-24(16)17/h8-9H,3-7,10-13H2,1-2H3,(H2,19,20,21). The van der Waals surface area contributed by atoms with Crippen LogP contribution < -0.4 is 10.6 Å². The summed E-state index contributed by atoms with van der Waals surface area (Å²) >= 11 is 1.80. The first-order valence-electron chi connectivity index (χ1n) is 9.24. The number of hydrogen-bond acceptors (Lipinski definition) is 4. The number of aliphatic imine (C=N–C) groups is 1. The summed E-state index contributed by atoms with van der Waals surface area (Å²) in [6.45, 7) is 7.66. The third kappa shape index (κ3) is 5.04. The Balaban J connectivity index is 1.54. The van der Waals surface area contributed by atoms with Gasteiger partial charge in [0.2, 0.25) is 0 Å². The molecule has 0 aromatic carbocycles. The van der Waals surface area contributed by atoms with Crippen LogP contribution >= 0.6 is 11.3 Å². The summed E-state index contributed by atoms with van der Waals surface area (Å²) < 4.78 is 2.31. The van der Waals surface area contributed by atoms with Gasteiger partial charge in [0.25, 0.3) is 0 Å². The molecule has 0 aliphatic carbocycles. The van der Waals surface area contributed by atoms with Crippen molar-refractivity contribution in [3.63, 3.8) is 0 Å². The molecule has 0 bridgehead atoms. The Morgan fingerprint density at radius 2 is 2.16 bits per heavy atom. The number of nitrogens with zero attached hydrogens (tertiary/aromatic N) is 4. The Morgan fingerprint density at radius 3 is 2.96 bits per heavy atom. The van der Waals surface area contributed by atoms with E-state index in [9.17, 15) is 0 Å². The summed E-state index contributed by atoms with van der Waals surface area (Å²) in [4.78, 5) is 7.30. The minimum absolute atomic E-state index is 0.716. The highest BCUT2D eigenvalue weighted by Crippen LogP contribution is 2.16. The molecule has 2 aromatic heterocycles. The first-order valence-corrected chi connectivity index (χ1v) is 10.1. The quantitative estimate of drug-likeness (QED) is 0.614. The largest absolute Gasteiger partial charge is 0.357 e. The predicted molar refractivity (Wildman–Crippen MR) is 103 cm³/mol. The van der Waals surface area contributed by atoms with Gasteiger partial charge in [0.05, 0.1) is 6.54 Å². The lowest BCUT2D eigenvalue weighted by atomic mass is 10.2. The smallest absolute Gasteiger partial charge is 0.191 e. The maximum absolute atomic E-state index is 4.68. The van der Waals surface area contributed by atoms with Crippen molar-refractivity contribution in [2.75, 3.05) is 13.1 Å². The van der Waals surface area contributed by atoms with Crippen LogP contribution in [-0.4, -0.2) is 33.8 Å². The number of rotatable bonds is 6. The average molecular weight is 361 g/mol. The molecule has 0 amide bonds. The van der Waals surface area contributed by atoms with Crippen molar-refractivity contribution in [1.29, 1.82) is 0 Å². The number of thiophene rings is 1. The molecule has 136 valence electrons. The van der Waals surface area contributed by atoms with Gasteiger partial charge in [-0.2, -0.15) is 0 Å². The Bertz CT molecular complexity index is 702. The van der Waals surface area contributed by atoms with E-state index in [2.05, 4.69) is 56.4 Å². The van der Waals surface area contributed by atoms with Crippen molar-refractivity contribution >= 4 is 17.3 Å². The van der Waals surface area contributed by atoms with Crippen molar-refractivity contribution in [2.24, 2.45) is 4.99 Å². The van der Waals surface area contributed by atoms with E-state index in [-0.39, 0.29) is 0 Å². The van der Waals surface area contributed by atoms with Crippen molar-refractivity contribution in [3.8, 4) is 0 Å². The monoisotopic (exact) mass is 360 g/mol. The van der Waals surface area contributed by atoms with Gasteiger partial charge in [-0.1, -0.05) is 6.42 Å². The van der Waals surface area contributed by atoms with E-state index >= 15 is 0 Å². The predicted octanol–water partition coefficient (Wildman–Crippen LogP) is 2.67. The normalized spacial score (nSPS) is 14.9. The highest BCUT2D eigenvalue weighted by atomic mass is 32.1. The van der Waals surface area contributed by atoms with E-state index in [4.69, 9.17) is 0 Å². The average Bonchev–Trinajstić information content (AvgIpc) is 3.11. The Morgan fingerprint density at radius 1 is 1.24 bits per heavy atom. The summed E-state index contributed by atoms with van der Waals surface area (Å²) in [6.07, 6.45) is 5.69. The fourth-order valence-corrected chi connectivity index (χ4v) is 3.91. The number of fused-ring (bicyclic) bond motifs is 1. The van der Waals surface area contributed by atoms with Crippen LogP contribution in [0.5, 0.6) is 0 Å². The van der Waals surface area contributed by atoms with Gasteiger partial charge in [0.15, 0.2) is 5.96 Å². The second kappa shape index (κ2) is 8.99. The molecule has 0 fully saturated rings. The third-order valence-electron chi connectivity index (χ3n) is 4.36. The van der Waals surface area contributed by atoms with Gasteiger partial charge >= 0.3 is 0 Å². The molecule has 0 spiro atoms. The van der Waals surface area contributed by atoms with Gasteiger partial charge in [-0.25, -0.2) is 4.99 Å². The van der Waals surface area contributed by atoms with Crippen molar-refractivity contribution in [3.05, 3.63) is 33.5 Å². The lowest BCUT2D eigenvalue weighted by Crippen LogP contribution is -2.38. The number of aryl methyl sites for hydroxylation is 2. The molecule has 25 heavy (non-hydrogen) atoms. The fraction of sp³-hybridized carbons (Fsp3) is 0.611. The number of hydrogen-bond donors (Lipinski definition) is 2. The van der Waals surface area contributed by atoms with E-state index in [0.717, 1.165) is 50.1 Å². The van der Waals surface area contributed by atoms with Crippen LogP contribution in [0, 0.1) is 6.92 Å². The molecule has 0 unspecified atom stereocenters. The van der Waals surface area contributed by atoms with Gasteiger partial charge in [0, 0.05) is 42.2 Å². The summed E-state index contributed by atoms with van der Waals surface area (Å²) in [5.41, 5.74) is 0. The molecule has 6 nitrogen and oxygen atoms in total. The van der Waals surface area contributed by atoms with E-state index in [1.807, 2.05) is 0 Å². The maximum atomic E-state index is 4.68. The van der Waals surface area contributed by atoms with E-state index < -0.39 is 0 Å². The third-order valence-corrected chi connectivity index (χ3v) is 5.35. The van der Waals surface area contributed by atoms with Crippen LogP contribution in [0.2, 0.25) is 0 Å². The van der Waals surface area contributed by atoms with Crippen LogP contribution in [0.3, 0.4) is 0 Å². The zero-order valence-corrected chi connectivity index (χ0v) is 16.0. The zero-order chi connectivity index (χ0) is 17.5. The first-order chi connectivity index (χ1) is 12.3. The molecule has 1 aliphatic rings. The summed E-state index contributed by atoms with van der Waals surface area (Å²) in [7, 11) is 0. The zero-order valence-electron chi connectivity index (χ0n) is 15.2. The molecule has 2 aromatic rings. The van der Waals surface area contributed by atoms with Gasteiger partial charge < -0.3 is 15.2 Å². The second-order valence-corrected chi connectivity index (χ2v) is 7.75. The van der Waals surface area contributed by atoms with E-state index in [1.54, 1.807) is 11.3 Å². The Labute approximate surface area is 153 Å². The van der Waals surface area contributed by atoms with Gasteiger partial charge in [0.1, 0.15) is 11.6 Å². The van der Waals surface area contributed by atoms with Crippen LogP contribution in [0.4, 0.5) is 0 Å². The summed E-state index contributed by atoms with van der Waals surface area (Å²) in [5.74, 6) is 3.11. The van der Waals surface area contributed by atoms with Gasteiger partial charge in [-0.15, -0.1) is 21.5 Å². The molecule has 2 N–H and O–H groups in total. The Kier molecular flexibility index (Phi) is 6.44. The molecule has 7 heteroatoms. The summed E-state index contributed by atoms with van der Waals surface area (Å²) in [6, 6.07) is 4.30. The number of nitrogens with one attached hydrogen (secondary N) is 2. The number of aromatic nitrogens is 3. The SMILES string of the molecule is CCNC(=NCc1ccc(C)s1)NCCc1nnc2n1CCCCC2. The first kappa shape index (κ1) is 17.9. The van der Waals surface area contributed by atoms with Crippen molar-refractivity contribution < 1.29 is 0 Å². The Hall–Kier alpha value is -1.89. The molecule has 1 aliphatic heterocycles. The molecule has 3 rings (SSSR count). The minimum atomic E-state index is 0.716. The molecule has 0 atom stereocenters. The molecule has 0 saturated heterocycles. The molecule has 0 saturated carbocycles. The maximum Gasteiger partial charge on any atom is 0.191 e. The van der Waals surface area contributed by atoms with Crippen LogP contribution in [0.15, 0.2) is 17.1 Å². The number of guanidine groups is 1. The van der Waals surface area contributed by atoms with E-state index in [0.29, 0.717) is 6.54 Å². The minimum Gasteiger partial charge on any atom is -0.357 e. The highest BCUT2D eigenvalue weighted by Gasteiger charge is 2.14. The topological polar surface area (TPSA) is 67.1 Å². The lowest BCUT2D eigenvalue weighted by Gasteiger charge is -2.11. The van der Waals surface area contributed by atoms with Crippen molar-refractivity contribution in [1.82, 2.24) is 25.4 Å². The molecular formula is C18H28N6S. The van der Waals surface area contributed by atoms with E-state index in [1.165, 1.54) is 29.0 Å².